The first-order valence-electron chi connectivity index (χ1n) is 25.4. The molecule has 16 rings (SSSR count). The third-order valence-electron chi connectivity index (χ3n) is 16.3. The van der Waals surface area contributed by atoms with Crippen molar-refractivity contribution in [3.63, 3.8) is 0 Å². The zero-order valence-electron chi connectivity index (χ0n) is 39.8. The fourth-order valence-corrected chi connectivity index (χ4v) is 13.4. The predicted molar refractivity (Wildman–Crippen MR) is 307 cm³/mol. The monoisotopic (exact) mass is 924 g/mol. The van der Waals surface area contributed by atoms with E-state index in [1.807, 2.05) is 0 Å². The fourth-order valence-electron chi connectivity index (χ4n) is 13.4. The molecule has 1 spiro atoms. The van der Waals surface area contributed by atoms with Gasteiger partial charge in [0.1, 0.15) is 0 Å². The lowest BCUT2D eigenvalue weighted by Crippen LogP contribution is -2.26. The Morgan fingerprint density at radius 1 is 0.315 bits per heavy atom. The van der Waals surface area contributed by atoms with Crippen LogP contribution in [0.2, 0.25) is 0 Å². The highest BCUT2D eigenvalue weighted by molar-refractivity contribution is 6.28. The Hall–Kier alpha value is -9.50. The fraction of sp³-hybridized carbons (Fsp3) is 0.0141. The summed E-state index contributed by atoms with van der Waals surface area (Å²) in [6.07, 6.45) is 0. The van der Waals surface area contributed by atoms with Crippen molar-refractivity contribution in [2.24, 2.45) is 0 Å². The smallest absolute Gasteiger partial charge is 0.0726 e. The molecule has 14 aromatic rings. The van der Waals surface area contributed by atoms with E-state index in [-0.39, 0.29) is 0 Å². The van der Waals surface area contributed by atoms with Crippen molar-refractivity contribution >= 4 is 82.0 Å². The molecule has 2 nitrogen and oxygen atoms in total. The third-order valence-corrected chi connectivity index (χ3v) is 16.3. The van der Waals surface area contributed by atoms with E-state index < -0.39 is 5.41 Å². The number of rotatable bonds is 5. The van der Waals surface area contributed by atoms with E-state index >= 15 is 0 Å². The molecular formula is C71H44N2. The molecule has 0 fully saturated rings. The highest BCUT2D eigenvalue weighted by Crippen LogP contribution is 2.65. The lowest BCUT2D eigenvalue weighted by molar-refractivity contribution is 0.794. The lowest BCUT2D eigenvalue weighted by atomic mass is 9.70. The number of aromatic nitrogens is 1. The molecule has 1 heterocycles. The topological polar surface area (TPSA) is 8.17 Å². The first-order chi connectivity index (χ1) is 36.3. The lowest BCUT2D eigenvalue weighted by Gasteiger charge is -2.32. The molecule has 13 aromatic carbocycles. The summed E-state index contributed by atoms with van der Waals surface area (Å²) in [5, 5.41) is 12.4. The Kier molecular flexibility index (Phi) is 8.41. The minimum Gasteiger partial charge on any atom is -0.309 e. The van der Waals surface area contributed by atoms with Crippen LogP contribution >= 0.6 is 0 Å². The summed E-state index contributed by atoms with van der Waals surface area (Å²) in [5.74, 6) is 0. The van der Waals surface area contributed by atoms with Crippen molar-refractivity contribution in [2.75, 3.05) is 4.90 Å². The predicted octanol–water partition coefficient (Wildman–Crippen LogP) is 18.9. The normalized spacial score (nSPS) is 13.0. The van der Waals surface area contributed by atoms with Gasteiger partial charge in [-0.2, -0.15) is 0 Å². The summed E-state index contributed by atoms with van der Waals surface area (Å²) in [7, 11) is 0. The quantitative estimate of drug-likeness (QED) is 0.156. The van der Waals surface area contributed by atoms with Gasteiger partial charge < -0.3 is 9.47 Å². The summed E-state index contributed by atoms with van der Waals surface area (Å²) < 4.78 is 2.57. The summed E-state index contributed by atoms with van der Waals surface area (Å²) in [4.78, 5) is 2.57. The van der Waals surface area contributed by atoms with Crippen molar-refractivity contribution in [1.82, 2.24) is 4.57 Å². The first-order valence-corrected chi connectivity index (χ1v) is 25.4. The molecule has 1 aromatic heterocycles. The molecule has 0 saturated heterocycles. The maximum absolute atomic E-state index is 2.57. The van der Waals surface area contributed by atoms with E-state index in [1.54, 1.807) is 0 Å². The molecule has 0 saturated carbocycles. The van der Waals surface area contributed by atoms with Crippen molar-refractivity contribution in [3.05, 3.63) is 289 Å². The zero-order valence-corrected chi connectivity index (χ0v) is 39.8. The highest BCUT2D eigenvalue weighted by Gasteiger charge is 2.52. The minimum atomic E-state index is -0.481. The van der Waals surface area contributed by atoms with Gasteiger partial charge in [-0.05, 0) is 130 Å². The largest absolute Gasteiger partial charge is 0.309 e. The molecular weight excluding hydrogens is 881 g/mol. The molecule has 0 aliphatic heterocycles. The Morgan fingerprint density at radius 2 is 0.836 bits per heavy atom. The average molecular weight is 925 g/mol. The molecule has 2 aliphatic rings. The van der Waals surface area contributed by atoms with Gasteiger partial charge in [0.2, 0.25) is 0 Å². The highest BCUT2D eigenvalue weighted by atomic mass is 15.2. The van der Waals surface area contributed by atoms with Crippen molar-refractivity contribution in [2.45, 2.75) is 5.41 Å². The van der Waals surface area contributed by atoms with Crippen LogP contribution in [-0.4, -0.2) is 4.57 Å². The molecule has 0 N–H and O–H groups in total. The zero-order chi connectivity index (χ0) is 47.8. The maximum Gasteiger partial charge on any atom is 0.0726 e. The van der Waals surface area contributed by atoms with E-state index in [4.69, 9.17) is 0 Å². The molecule has 2 aliphatic carbocycles. The van der Waals surface area contributed by atoms with Crippen LogP contribution in [0.1, 0.15) is 22.3 Å². The van der Waals surface area contributed by atoms with Crippen molar-refractivity contribution in [1.29, 1.82) is 0 Å². The van der Waals surface area contributed by atoms with E-state index in [1.165, 1.54) is 115 Å². The van der Waals surface area contributed by atoms with Gasteiger partial charge in [0.15, 0.2) is 0 Å². The number of hydrogen-bond acceptors (Lipinski definition) is 1. The van der Waals surface area contributed by atoms with Crippen LogP contribution in [-0.2, 0) is 5.41 Å². The van der Waals surface area contributed by atoms with Gasteiger partial charge in [-0.25, -0.2) is 0 Å². The number of fused-ring (bicyclic) bond motifs is 21. The molecule has 73 heavy (non-hydrogen) atoms. The van der Waals surface area contributed by atoms with E-state index in [9.17, 15) is 0 Å². The Morgan fingerprint density at radius 3 is 1.52 bits per heavy atom. The number of benzene rings is 13. The van der Waals surface area contributed by atoms with Gasteiger partial charge in [0.25, 0.3) is 0 Å². The Balaban J connectivity index is 1.05. The molecule has 0 radical (unpaired) electrons. The second-order valence-electron chi connectivity index (χ2n) is 19.9. The van der Waals surface area contributed by atoms with E-state index in [0.717, 1.165) is 28.3 Å². The number of hydrogen-bond donors (Lipinski definition) is 0. The summed E-state index contributed by atoms with van der Waals surface area (Å²) in [6.45, 7) is 0. The molecule has 0 bridgehead atoms. The van der Waals surface area contributed by atoms with E-state index in [0.29, 0.717) is 0 Å². The molecule has 0 unspecified atom stereocenters. The summed E-state index contributed by atoms with van der Waals surface area (Å²) in [5.41, 5.74) is 19.2. The van der Waals surface area contributed by atoms with Crippen molar-refractivity contribution < 1.29 is 0 Å². The third kappa shape index (κ3) is 5.47. The van der Waals surface area contributed by atoms with Gasteiger partial charge in [0.05, 0.1) is 27.8 Å². The van der Waals surface area contributed by atoms with Gasteiger partial charge in [-0.3, -0.25) is 0 Å². The minimum absolute atomic E-state index is 0.481. The standard InChI is InChI=1S/C71H44N2/c1-3-20-45(21-4-1)46-38-40-59-66(42-46)73(49-39-41-55-53-28-10-9-26-51(53)52-27-11-12-29-54(52)60(55)44-49)70-50-25-8-7-22-47(50)43-67(69(59)70)72(48-23-5-2-6-24-48)65-37-19-36-64-68(65)58-32-15-18-35-63(58)71(64)61-33-16-13-30-56(61)57-31-14-17-34-62(57)71/h1-44H. The van der Waals surface area contributed by atoms with Crippen LogP contribution in [0.25, 0.3) is 104 Å². The van der Waals surface area contributed by atoms with Crippen LogP contribution in [0, 0.1) is 0 Å². The summed E-state index contributed by atoms with van der Waals surface area (Å²) >= 11 is 0. The molecule has 338 valence electrons. The molecule has 0 atom stereocenters. The average Bonchev–Trinajstić information content (AvgIpc) is 4.08. The van der Waals surface area contributed by atoms with Crippen molar-refractivity contribution in [3.8, 4) is 39.1 Å². The molecule has 0 amide bonds. The number of anilines is 3. The summed E-state index contributed by atoms with van der Waals surface area (Å²) in [6, 6.07) is 99.9. The Bertz CT molecular complexity index is 4540. The number of nitrogens with zero attached hydrogens (tertiary/aromatic N) is 2. The maximum atomic E-state index is 2.57. The van der Waals surface area contributed by atoms with E-state index in [2.05, 4.69) is 276 Å². The second kappa shape index (κ2) is 15.3. The van der Waals surface area contributed by atoms with Gasteiger partial charge >= 0.3 is 0 Å². The number of para-hydroxylation sites is 1. The SMILES string of the molecule is c1ccc(-c2ccc3c4c(N(c5ccccc5)c5cccc6c5-c5ccccc5C65c6ccccc6-c6ccccc65)cc5ccccc5c4n(-c4ccc5c6ccccc6c6ccccc6c5c4)c3c2)cc1. The van der Waals surface area contributed by atoms with Gasteiger partial charge in [-0.15, -0.1) is 0 Å². The van der Waals surface area contributed by atoms with Crippen LogP contribution < -0.4 is 4.90 Å². The Labute approximate surface area is 422 Å². The van der Waals surface area contributed by atoms with Gasteiger partial charge in [0, 0.05) is 33.1 Å². The molecule has 2 heteroatoms. The van der Waals surface area contributed by atoms with Gasteiger partial charge in [-0.1, -0.05) is 224 Å². The van der Waals surface area contributed by atoms with Crippen LogP contribution in [0.4, 0.5) is 17.1 Å². The van der Waals surface area contributed by atoms with Crippen LogP contribution in [0.3, 0.4) is 0 Å². The second-order valence-corrected chi connectivity index (χ2v) is 19.9. The van der Waals surface area contributed by atoms with Crippen LogP contribution in [0.15, 0.2) is 267 Å². The van der Waals surface area contributed by atoms with Crippen LogP contribution in [0.5, 0.6) is 0 Å². The first kappa shape index (κ1) is 40.3.